The summed E-state index contributed by atoms with van der Waals surface area (Å²) >= 11 is 0. The number of aromatic hydroxyl groups is 1. The molecule has 3 rings (SSSR count). The highest BCUT2D eigenvalue weighted by Gasteiger charge is 2.20. The van der Waals surface area contributed by atoms with E-state index in [2.05, 4.69) is 10.1 Å². The van der Waals surface area contributed by atoms with Crippen molar-refractivity contribution in [2.45, 2.75) is 6.10 Å². The van der Waals surface area contributed by atoms with Crippen LogP contribution in [0.3, 0.4) is 0 Å². The van der Waals surface area contributed by atoms with E-state index in [9.17, 15) is 5.11 Å². The number of rotatable bonds is 4. The molecule has 0 saturated carbocycles. The molecule has 0 amide bonds. The number of hydrogen-bond acceptors (Lipinski definition) is 5. The SMILES string of the molecule is COC(c1ccccc1)c1noc(-c2ccc(O)cc2)n1. The van der Waals surface area contributed by atoms with Crippen LogP contribution in [0.1, 0.15) is 17.5 Å². The van der Waals surface area contributed by atoms with Gasteiger partial charge in [0.25, 0.3) is 5.89 Å². The summed E-state index contributed by atoms with van der Waals surface area (Å²) in [6, 6.07) is 16.3. The van der Waals surface area contributed by atoms with Crippen LogP contribution in [0.2, 0.25) is 0 Å². The van der Waals surface area contributed by atoms with Crippen molar-refractivity contribution in [3.63, 3.8) is 0 Å². The molecule has 1 heterocycles. The molecule has 0 aliphatic heterocycles. The smallest absolute Gasteiger partial charge is 0.258 e. The Morgan fingerprint density at radius 1 is 1.05 bits per heavy atom. The number of phenolic OH excluding ortho intramolecular Hbond substituents is 1. The molecule has 0 radical (unpaired) electrons. The molecule has 5 nitrogen and oxygen atoms in total. The summed E-state index contributed by atoms with van der Waals surface area (Å²) in [7, 11) is 1.61. The standard InChI is InChI=1S/C16H14N2O3/c1-20-14(11-5-3-2-4-6-11)15-17-16(21-18-15)12-7-9-13(19)10-8-12/h2-10,14,19H,1H3. The minimum atomic E-state index is -0.374. The first kappa shape index (κ1) is 13.3. The molecule has 0 aliphatic carbocycles. The monoisotopic (exact) mass is 282 g/mol. The summed E-state index contributed by atoms with van der Waals surface area (Å²) in [5.41, 5.74) is 1.70. The number of hydrogen-bond donors (Lipinski definition) is 1. The fourth-order valence-corrected chi connectivity index (χ4v) is 2.08. The van der Waals surface area contributed by atoms with Gasteiger partial charge in [0.05, 0.1) is 0 Å². The van der Waals surface area contributed by atoms with Crippen LogP contribution in [0, 0.1) is 0 Å². The zero-order valence-corrected chi connectivity index (χ0v) is 11.4. The predicted octanol–water partition coefficient (Wildman–Crippen LogP) is 3.18. The molecule has 1 unspecified atom stereocenters. The summed E-state index contributed by atoms with van der Waals surface area (Å²) in [5.74, 6) is 1.05. The van der Waals surface area contributed by atoms with Gasteiger partial charge >= 0.3 is 0 Å². The number of benzene rings is 2. The lowest BCUT2D eigenvalue weighted by molar-refractivity contribution is 0.126. The summed E-state index contributed by atoms with van der Waals surface area (Å²) in [6.07, 6.45) is -0.374. The minimum absolute atomic E-state index is 0.192. The number of aromatic nitrogens is 2. The van der Waals surface area contributed by atoms with E-state index in [1.807, 2.05) is 30.3 Å². The Hall–Kier alpha value is -2.66. The minimum Gasteiger partial charge on any atom is -0.508 e. The van der Waals surface area contributed by atoms with Crippen LogP contribution >= 0.6 is 0 Å². The lowest BCUT2D eigenvalue weighted by Gasteiger charge is -2.10. The van der Waals surface area contributed by atoms with Gasteiger partial charge in [-0.3, -0.25) is 0 Å². The van der Waals surface area contributed by atoms with Crippen LogP contribution in [0.25, 0.3) is 11.5 Å². The third-order valence-corrected chi connectivity index (χ3v) is 3.13. The molecule has 106 valence electrons. The summed E-state index contributed by atoms with van der Waals surface area (Å²) in [6.45, 7) is 0. The molecule has 1 N–H and O–H groups in total. The van der Waals surface area contributed by atoms with E-state index in [1.54, 1.807) is 31.4 Å². The lowest BCUT2D eigenvalue weighted by Crippen LogP contribution is -2.05. The average Bonchev–Trinajstić information content (AvgIpc) is 2.99. The molecule has 1 atom stereocenters. The third kappa shape index (κ3) is 2.78. The van der Waals surface area contributed by atoms with Gasteiger partial charge in [0.15, 0.2) is 0 Å². The first-order valence-corrected chi connectivity index (χ1v) is 6.48. The van der Waals surface area contributed by atoms with Crippen molar-refractivity contribution in [2.24, 2.45) is 0 Å². The molecule has 0 spiro atoms. The van der Waals surface area contributed by atoms with Gasteiger partial charge in [-0.1, -0.05) is 35.5 Å². The van der Waals surface area contributed by atoms with Crippen LogP contribution in [0.4, 0.5) is 0 Å². The highest BCUT2D eigenvalue weighted by atomic mass is 16.5. The average molecular weight is 282 g/mol. The third-order valence-electron chi connectivity index (χ3n) is 3.13. The molecule has 0 saturated heterocycles. The van der Waals surface area contributed by atoms with Crippen molar-refractivity contribution in [1.29, 1.82) is 0 Å². The van der Waals surface area contributed by atoms with E-state index >= 15 is 0 Å². The second-order valence-electron chi connectivity index (χ2n) is 4.53. The Bertz CT molecular complexity index is 708. The van der Waals surface area contributed by atoms with E-state index in [-0.39, 0.29) is 11.9 Å². The van der Waals surface area contributed by atoms with Gasteiger partial charge < -0.3 is 14.4 Å². The summed E-state index contributed by atoms with van der Waals surface area (Å²) in [4.78, 5) is 4.37. The predicted molar refractivity (Wildman–Crippen MR) is 76.7 cm³/mol. The van der Waals surface area contributed by atoms with Gasteiger partial charge in [-0.2, -0.15) is 4.98 Å². The quantitative estimate of drug-likeness (QED) is 0.796. The van der Waals surface area contributed by atoms with Crippen LogP contribution in [0.15, 0.2) is 59.1 Å². The van der Waals surface area contributed by atoms with Crippen molar-refractivity contribution in [1.82, 2.24) is 10.1 Å². The van der Waals surface area contributed by atoms with E-state index in [1.165, 1.54) is 0 Å². The number of ether oxygens (including phenoxy) is 1. The van der Waals surface area contributed by atoms with E-state index in [0.717, 1.165) is 11.1 Å². The highest BCUT2D eigenvalue weighted by molar-refractivity contribution is 5.54. The lowest BCUT2D eigenvalue weighted by atomic mass is 10.1. The van der Waals surface area contributed by atoms with Crippen molar-refractivity contribution in [2.75, 3.05) is 7.11 Å². The molecule has 5 heteroatoms. The van der Waals surface area contributed by atoms with Crippen LogP contribution < -0.4 is 0 Å². The van der Waals surface area contributed by atoms with Gasteiger partial charge in [-0.05, 0) is 29.8 Å². The van der Waals surface area contributed by atoms with E-state index in [0.29, 0.717) is 11.7 Å². The fourth-order valence-electron chi connectivity index (χ4n) is 2.08. The zero-order chi connectivity index (χ0) is 14.7. The normalized spacial score (nSPS) is 12.2. The Kier molecular flexibility index (Phi) is 3.66. The second-order valence-corrected chi connectivity index (χ2v) is 4.53. The van der Waals surface area contributed by atoms with Crippen molar-refractivity contribution in [3.8, 4) is 17.2 Å². The molecule has 1 aromatic heterocycles. The molecule has 0 aliphatic rings. The van der Waals surface area contributed by atoms with E-state index in [4.69, 9.17) is 9.26 Å². The second kappa shape index (κ2) is 5.76. The topological polar surface area (TPSA) is 68.4 Å². The number of nitrogens with zero attached hydrogens (tertiary/aromatic N) is 2. The maximum atomic E-state index is 9.30. The largest absolute Gasteiger partial charge is 0.508 e. The highest BCUT2D eigenvalue weighted by Crippen LogP contribution is 2.26. The zero-order valence-electron chi connectivity index (χ0n) is 11.4. The summed E-state index contributed by atoms with van der Waals surface area (Å²) < 4.78 is 10.7. The number of methoxy groups -OCH3 is 1. The van der Waals surface area contributed by atoms with E-state index < -0.39 is 0 Å². The maximum Gasteiger partial charge on any atom is 0.258 e. The van der Waals surface area contributed by atoms with Crippen LogP contribution in [-0.4, -0.2) is 22.4 Å². The van der Waals surface area contributed by atoms with Gasteiger partial charge in [0.2, 0.25) is 5.82 Å². The van der Waals surface area contributed by atoms with Crippen molar-refractivity contribution >= 4 is 0 Å². The van der Waals surface area contributed by atoms with Gasteiger partial charge in [0, 0.05) is 12.7 Å². The molecule has 0 bridgehead atoms. The van der Waals surface area contributed by atoms with Gasteiger partial charge in [-0.15, -0.1) is 0 Å². The fraction of sp³-hybridized carbons (Fsp3) is 0.125. The molecule has 0 fully saturated rings. The van der Waals surface area contributed by atoms with Gasteiger partial charge in [0.1, 0.15) is 11.9 Å². The maximum absolute atomic E-state index is 9.30. The number of phenols is 1. The molecule has 21 heavy (non-hydrogen) atoms. The molecule has 2 aromatic carbocycles. The van der Waals surface area contributed by atoms with Crippen molar-refractivity contribution < 1.29 is 14.4 Å². The summed E-state index contributed by atoms with van der Waals surface area (Å²) in [5, 5.41) is 13.3. The Balaban J connectivity index is 1.92. The van der Waals surface area contributed by atoms with Gasteiger partial charge in [-0.25, -0.2) is 0 Å². The Labute approximate surface area is 121 Å². The first-order chi connectivity index (χ1) is 10.3. The van der Waals surface area contributed by atoms with Crippen molar-refractivity contribution in [3.05, 3.63) is 66.0 Å². The van der Waals surface area contributed by atoms with Crippen LogP contribution in [0.5, 0.6) is 5.75 Å². The first-order valence-electron chi connectivity index (χ1n) is 6.48. The molecule has 3 aromatic rings. The Morgan fingerprint density at radius 3 is 2.43 bits per heavy atom. The van der Waals surface area contributed by atoms with Crippen LogP contribution in [-0.2, 0) is 4.74 Å². The molecular weight excluding hydrogens is 268 g/mol. The molecular formula is C16H14N2O3. The Morgan fingerprint density at radius 2 is 1.76 bits per heavy atom.